The van der Waals surface area contributed by atoms with Crippen molar-refractivity contribution in [1.29, 1.82) is 0 Å². The molecule has 0 saturated heterocycles. The lowest BCUT2D eigenvalue weighted by atomic mass is 10.2. The first-order chi connectivity index (χ1) is 10.1. The average Bonchev–Trinajstić information content (AvgIpc) is 3.00. The van der Waals surface area contributed by atoms with Crippen LogP contribution in [0.15, 0.2) is 36.9 Å². The van der Waals surface area contributed by atoms with Gasteiger partial charge in [-0.3, -0.25) is 9.48 Å². The minimum Gasteiger partial charge on any atom is -0.492 e. The van der Waals surface area contributed by atoms with Gasteiger partial charge in [0.05, 0.1) is 13.1 Å². The number of benzene rings is 1. The zero-order valence-corrected chi connectivity index (χ0v) is 12.4. The number of rotatable bonds is 7. The molecule has 21 heavy (non-hydrogen) atoms. The smallest absolute Gasteiger partial charge is 0.224 e. The normalized spacial score (nSPS) is 10.4. The lowest BCUT2D eigenvalue weighted by Gasteiger charge is -2.17. The third-order valence-electron chi connectivity index (χ3n) is 3.16. The van der Waals surface area contributed by atoms with Gasteiger partial charge in [0.15, 0.2) is 0 Å². The lowest BCUT2D eigenvalue weighted by Crippen LogP contribution is -2.31. The second kappa shape index (κ2) is 7.42. The maximum atomic E-state index is 11.9. The Labute approximate surface area is 124 Å². The highest BCUT2D eigenvalue weighted by Gasteiger charge is 2.09. The third-order valence-corrected chi connectivity index (χ3v) is 3.16. The topological polar surface area (TPSA) is 60.2 Å². The van der Waals surface area contributed by atoms with Gasteiger partial charge in [0.25, 0.3) is 0 Å². The molecule has 0 aliphatic carbocycles. The molecular formula is C15H20N4O2. The van der Waals surface area contributed by atoms with Gasteiger partial charge in [0.2, 0.25) is 5.91 Å². The fraction of sp³-hybridized carbons (Fsp3) is 0.400. The van der Waals surface area contributed by atoms with Gasteiger partial charge in [-0.05, 0) is 19.1 Å². The number of carbonyl (C=O) groups excluding carboxylic acids is 1. The van der Waals surface area contributed by atoms with Crippen LogP contribution in [0.25, 0.3) is 0 Å². The summed E-state index contributed by atoms with van der Waals surface area (Å²) < 4.78 is 7.26. The quantitative estimate of drug-likeness (QED) is 0.775. The Hall–Kier alpha value is -2.37. The molecule has 0 N–H and O–H groups in total. The van der Waals surface area contributed by atoms with Crippen LogP contribution >= 0.6 is 0 Å². The van der Waals surface area contributed by atoms with Crippen LogP contribution in [0.4, 0.5) is 0 Å². The Bertz CT molecular complexity index is 552. The number of carbonyl (C=O) groups is 1. The number of hydrogen-bond acceptors (Lipinski definition) is 4. The molecule has 0 bridgehead atoms. The summed E-state index contributed by atoms with van der Waals surface area (Å²) in [6.07, 6.45) is 3.47. The van der Waals surface area contributed by atoms with E-state index in [1.165, 1.54) is 11.9 Å². The van der Waals surface area contributed by atoms with Crippen LogP contribution in [0.2, 0.25) is 0 Å². The second-order valence-electron chi connectivity index (χ2n) is 4.89. The molecule has 0 spiro atoms. The van der Waals surface area contributed by atoms with Crippen molar-refractivity contribution in [3.05, 3.63) is 42.5 Å². The summed E-state index contributed by atoms with van der Waals surface area (Å²) in [5, 5.41) is 3.97. The van der Waals surface area contributed by atoms with E-state index in [-0.39, 0.29) is 5.91 Å². The first kappa shape index (κ1) is 15.0. The predicted octanol–water partition coefficient (Wildman–Crippen LogP) is 1.51. The van der Waals surface area contributed by atoms with E-state index in [0.29, 0.717) is 26.1 Å². The van der Waals surface area contributed by atoms with Gasteiger partial charge in [0, 0.05) is 13.5 Å². The van der Waals surface area contributed by atoms with E-state index in [2.05, 4.69) is 10.1 Å². The molecule has 0 aliphatic heterocycles. The highest BCUT2D eigenvalue weighted by molar-refractivity contribution is 5.75. The van der Waals surface area contributed by atoms with E-state index >= 15 is 0 Å². The number of likely N-dealkylation sites (N-methyl/N-ethyl adjacent to an activating group) is 1. The van der Waals surface area contributed by atoms with Crippen molar-refractivity contribution in [2.24, 2.45) is 0 Å². The number of ether oxygens (including phenoxy) is 1. The van der Waals surface area contributed by atoms with Gasteiger partial charge in [-0.2, -0.15) is 5.10 Å². The summed E-state index contributed by atoms with van der Waals surface area (Å²) in [6.45, 7) is 3.62. The Morgan fingerprint density at radius 1 is 1.33 bits per heavy atom. The molecule has 1 aromatic carbocycles. The fourth-order valence-corrected chi connectivity index (χ4v) is 1.81. The zero-order valence-electron chi connectivity index (χ0n) is 12.4. The first-order valence-corrected chi connectivity index (χ1v) is 6.91. The lowest BCUT2D eigenvalue weighted by molar-refractivity contribution is -0.130. The molecule has 0 unspecified atom stereocenters. The highest BCUT2D eigenvalue weighted by Crippen LogP contribution is 2.11. The van der Waals surface area contributed by atoms with Crippen molar-refractivity contribution >= 4 is 5.91 Å². The van der Waals surface area contributed by atoms with E-state index in [9.17, 15) is 4.79 Å². The van der Waals surface area contributed by atoms with Gasteiger partial charge in [-0.25, -0.2) is 4.98 Å². The molecule has 1 aromatic heterocycles. The van der Waals surface area contributed by atoms with Crippen molar-refractivity contribution in [2.75, 3.05) is 20.2 Å². The minimum absolute atomic E-state index is 0.0676. The molecule has 1 heterocycles. The zero-order chi connectivity index (χ0) is 15.1. The molecule has 1 amide bonds. The third kappa shape index (κ3) is 4.91. The number of aromatic nitrogens is 3. The average molecular weight is 288 g/mol. The first-order valence-electron chi connectivity index (χ1n) is 6.91. The molecule has 6 nitrogen and oxygen atoms in total. The van der Waals surface area contributed by atoms with Crippen molar-refractivity contribution in [3.63, 3.8) is 0 Å². The van der Waals surface area contributed by atoms with Crippen molar-refractivity contribution < 1.29 is 9.53 Å². The van der Waals surface area contributed by atoms with Crippen LogP contribution in [-0.2, 0) is 11.3 Å². The van der Waals surface area contributed by atoms with E-state index in [1.54, 1.807) is 23.0 Å². The van der Waals surface area contributed by atoms with E-state index in [0.717, 1.165) is 5.75 Å². The van der Waals surface area contributed by atoms with Gasteiger partial charge in [-0.15, -0.1) is 0 Å². The van der Waals surface area contributed by atoms with Crippen LogP contribution in [0.3, 0.4) is 0 Å². The summed E-state index contributed by atoms with van der Waals surface area (Å²) in [5.41, 5.74) is 1.20. The van der Waals surface area contributed by atoms with Gasteiger partial charge < -0.3 is 9.64 Å². The highest BCUT2D eigenvalue weighted by atomic mass is 16.5. The number of amides is 1. The van der Waals surface area contributed by atoms with Crippen LogP contribution in [0.1, 0.15) is 12.0 Å². The molecule has 2 rings (SSSR count). The largest absolute Gasteiger partial charge is 0.492 e. The number of aryl methyl sites for hydroxylation is 2. The molecule has 0 aliphatic rings. The standard InChI is InChI=1S/C15H20N4O2/c1-13-3-5-14(6-4-13)21-10-9-18(2)15(20)7-8-19-12-16-11-17-19/h3-6,11-12H,7-10H2,1-2H3. The molecule has 0 radical (unpaired) electrons. The summed E-state index contributed by atoms with van der Waals surface area (Å²) >= 11 is 0. The molecule has 0 fully saturated rings. The number of nitrogens with zero attached hydrogens (tertiary/aromatic N) is 4. The fourth-order valence-electron chi connectivity index (χ4n) is 1.81. The SMILES string of the molecule is Cc1ccc(OCCN(C)C(=O)CCn2cncn2)cc1. The Morgan fingerprint density at radius 3 is 2.76 bits per heavy atom. The monoisotopic (exact) mass is 288 g/mol. The van der Waals surface area contributed by atoms with Crippen molar-refractivity contribution in [3.8, 4) is 5.75 Å². The summed E-state index contributed by atoms with van der Waals surface area (Å²) in [6, 6.07) is 7.87. The molecule has 0 atom stereocenters. The molecule has 6 heteroatoms. The van der Waals surface area contributed by atoms with Crippen LogP contribution in [0, 0.1) is 6.92 Å². The predicted molar refractivity (Wildman–Crippen MR) is 79.0 cm³/mol. The second-order valence-corrected chi connectivity index (χ2v) is 4.89. The van der Waals surface area contributed by atoms with E-state index in [1.807, 2.05) is 31.2 Å². The van der Waals surface area contributed by atoms with Crippen LogP contribution in [0.5, 0.6) is 5.75 Å². The Balaban J connectivity index is 1.67. The maximum Gasteiger partial charge on any atom is 0.224 e. The number of hydrogen-bond donors (Lipinski definition) is 0. The maximum absolute atomic E-state index is 11.9. The minimum atomic E-state index is 0.0676. The van der Waals surface area contributed by atoms with Gasteiger partial charge in [0.1, 0.15) is 25.0 Å². The molecule has 112 valence electrons. The van der Waals surface area contributed by atoms with Crippen molar-refractivity contribution in [1.82, 2.24) is 19.7 Å². The Kier molecular flexibility index (Phi) is 5.31. The summed E-state index contributed by atoms with van der Waals surface area (Å²) in [4.78, 5) is 17.4. The van der Waals surface area contributed by atoms with Crippen LogP contribution in [-0.4, -0.2) is 45.8 Å². The summed E-state index contributed by atoms with van der Waals surface area (Å²) in [5.74, 6) is 0.891. The van der Waals surface area contributed by atoms with E-state index in [4.69, 9.17) is 4.74 Å². The Morgan fingerprint density at radius 2 is 2.10 bits per heavy atom. The summed E-state index contributed by atoms with van der Waals surface area (Å²) in [7, 11) is 1.78. The molecule has 2 aromatic rings. The van der Waals surface area contributed by atoms with Crippen LogP contribution < -0.4 is 4.74 Å². The van der Waals surface area contributed by atoms with Gasteiger partial charge in [-0.1, -0.05) is 17.7 Å². The van der Waals surface area contributed by atoms with E-state index < -0.39 is 0 Å². The van der Waals surface area contributed by atoms with Crippen molar-refractivity contribution in [2.45, 2.75) is 19.9 Å². The molecular weight excluding hydrogens is 268 g/mol. The van der Waals surface area contributed by atoms with Gasteiger partial charge >= 0.3 is 0 Å². The molecule has 0 saturated carbocycles.